The number of carbonyl (C=O) groups is 1. The van der Waals surface area contributed by atoms with Crippen LogP contribution in [0.2, 0.25) is 0 Å². The van der Waals surface area contributed by atoms with E-state index in [0.29, 0.717) is 43.6 Å². The number of benzene rings is 1. The molecule has 14 heteroatoms. The number of pyridine rings is 1. The molecule has 2 aliphatic rings. The highest BCUT2D eigenvalue weighted by atomic mass is 19.4. The van der Waals surface area contributed by atoms with Crippen molar-refractivity contribution in [3.8, 4) is 0 Å². The molecule has 10 nitrogen and oxygen atoms in total. The van der Waals surface area contributed by atoms with Crippen LogP contribution in [0.15, 0.2) is 36.8 Å². The van der Waals surface area contributed by atoms with Crippen LogP contribution >= 0.6 is 0 Å². The van der Waals surface area contributed by atoms with Crippen molar-refractivity contribution in [1.82, 2.24) is 30.6 Å². The number of hydrogen-bond donors (Lipinski definition) is 3. The van der Waals surface area contributed by atoms with Crippen LogP contribution in [-0.2, 0) is 13.2 Å². The highest BCUT2D eigenvalue weighted by molar-refractivity contribution is 6.05. The van der Waals surface area contributed by atoms with Crippen molar-refractivity contribution in [3.63, 3.8) is 0 Å². The first kappa shape index (κ1) is 27.4. The van der Waals surface area contributed by atoms with E-state index < -0.39 is 23.5 Å². The molecule has 0 bridgehead atoms. The number of likely N-dealkylation sites (N-methyl/N-ethyl adjacent to an activating group) is 1. The molecule has 212 valence electrons. The van der Waals surface area contributed by atoms with Crippen LogP contribution in [0.4, 0.5) is 34.6 Å². The average Bonchev–Trinajstić information content (AvgIpc) is 3.51. The molecule has 0 radical (unpaired) electrons. The third-order valence-corrected chi connectivity index (χ3v) is 7.14. The van der Waals surface area contributed by atoms with Gasteiger partial charge in [0.1, 0.15) is 0 Å². The molecule has 1 fully saturated rings. The van der Waals surface area contributed by atoms with Gasteiger partial charge in [0.2, 0.25) is 0 Å². The largest absolute Gasteiger partial charge is 0.419 e. The third kappa shape index (κ3) is 5.31. The van der Waals surface area contributed by atoms with Crippen molar-refractivity contribution >= 4 is 28.7 Å². The standard InChI is InChI=1S/C26H29F4N9O/c1-15-22(39-14-21(34-35-39)19-13-32-37(4)16(19)2)11-18(12-31-15)33-25(40)17-9-20(26(28,29)30)24(27)23(10-17)38-7-5-36(3)6-8-38/h9-14,34-35H,5-8H2,1-4H3,(H,33,40). The van der Waals surface area contributed by atoms with Crippen molar-refractivity contribution in [2.24, 2.45) is 7.05 Å². The Morgan fingerprint density at radius 3 is 2.40 bits per heavy atom. The Kier molecular flexibility index (Phi) is 7.14. The van der Waals surface area contributed by atoms with E-state index in [-0.39, 0.29) is 16.9 Å². The van der Waals surface area contributed by atoms with Gasteiger partial charge in [-0.05, 0) is 39.1 Å². The summed E-state index contributed by atoms with van der Waals surface area (Å²) in [7, 11) is 3.72. The summed E-state index contributed by atoms with van der Waals surface area (Å²) in [6.07, 6.45) is -0.0238. The second kappa shape index (κ2) is 10.4. The van der Waals surface area contributed by atoms with Crippen LogP contribution in [-0.4, -0.2) is 58.8 Å². The van der Waals surface area contributed by atoms with E-state index >= 15 is 4.39 Å². The molecule has 2 aliphatic heterocycles. The normalized spacial score (nSPS) is 16.2. The molecule has 5 rings (SSSR count). The summed E-state index contributed by atoms with van der Waals surface area (Å²) in [5, 5.41) is 8.53. The third-order valence-electron chi connectivity index (χ3n) is 7.14. The van der Waals surface area contributed by atoms with E-state index in [1.165, 1.54) is 17.2 Å². The maximum absolute atomic E-state index is 15.0. The number of amides is 1. The maximum Gasteiger partial charge on any atom is 0.419 e. The van der Waals surface area contributed by atoms with Gasteiger partial charge < -0.3 is 20.5 Å². The number of hydrogen-bond acceptors (Lipinski definition) is 8. The number of halogens is 4. The van der Waals surface area contributed by atoms with Crippen LogP contribution in [0.1, 0.15) is 32.9 Å². The van der Waals surface area contributed by atoms with E-state index in [9.17, 15) is 18.0 Å². The van der Waals surface area contributed by atoms with Crippen LogP contribution in [0.5, 0.6) is 0 Å². The molecule has 1 aromatic carbocycles. The monoisotopic (exact) mass is 559 g/mol. The van der Waals surface area contributed by atoms with Gasteiger partial charge in [0.25, 0.3) is 5.91 Å². The van der Waals surface area contributed by atoms with Gasteiger partial charge in [-0.25, -0.2) is 4.39 Å². The Morgan fingerprint density at radius 1 is 1.02 bits per heavy atom. The molecule has 0 unspecified atom stereocenters. The van der Waals surface area contributed by atoms with Crippen LogP contribution in [0.3, 0.4) is 0 Å². The molecule has 40 heavy (non-hydrogen) atoms. The minimum atomic E-state index is -4.97. The Labute approximate surface area is 228 Å². The van der Waals surface area contributed by atoms with Crippen molar-refractivity contribution in [3.05, 3.63) is 70.7 Å². The van der Waals surface area contributed by atoms with E-state index in [4.69, 9.17) is 0 Å². The van der Waals surface area contributed by atoms with Crippen molar-refractivity contribution in [2.45, 2.75) is 20.0 Å². The van der Waals surface area contributed by atoms with E-state index in [0.717, 1.165) is 17.0 Å². The van der Waals surface area contributed by atoms with Gasteiger partial charge >= 0.3 is 6.18 Å². The number of nitrogens with one attached hydrogen (secondary N) is 3. The summed E-state index contributed by atoms with van der Waals surface area (Å²) < 4.78 is 58.0. The summed E-state index contributed by atoms with van der Waals surface area (Å²) in [6.45, 7) is 5.51. The number of aromatic nitrogens is 3. The summed E-state index contributed by atoms with van der Waals surface area (Å²) in [5.41, 5.74) is 8.14. The lowest BCUT2D eigenvalue weighted by Gasteiger charge is -2.34. The number of hydrazine groups is 2. The summed E-state index contributed by atoms with van der Waals surface area (Å²) in [5.74, 6) is -2.20. The topological polar surface area (TPSA) is 93.6 Å². The number of piperazine rings is 1. The van der Waals surface area contributed by atoms with Gasteiger partial charge in [-0.1, -0.05) is 0 Å². The number of anilines is 3. The Balaban J connectivity index is 1.42. The zero-order valence-electron chi connectivity index (χ0n) is 22.4. The SMILES string of the molecule is Cc1ncc(NC(=O)c2cc(N3CCN(C)CC3)c(F)c(C(F)(F)F)c2)cc1N1C=C(c2cnn(C)c2C)NN1. The van der Waals surface area contributed by atoms with Gasteiger partial charge in [0, 0.05) is 56.2 Å². The van der Waals surface area contributed by atoms with Crippen LogP contribution < -0.4 is 26.2 Å². The predicted octanol–water partition coefficient (Wildman–Crippen LogP) is 3.42. The quantitative estimate of drug-likeness (QED) is 0.410. The number of alkyl halides is 3. The fraction of sp³-hybridized carbons (Fsp3) is 0.346. The van der Waals surface area contributed by atoms with E-state index in [1.54, 1.807) is 35.1 Å². The van der Waals surface area contributed by atoms with Crippen molar-refractivity contribution in [1.29, 1.82) is 0 Å². The van der Waals surface area contributed by atoms with Crippen LogP contribution in [0, 0.1) is 19.7 Å². The fourth-order valence-electron chi connectivity index (χ4n) is 4.60. The highest BCUT2D eigenvalue weighted by Crippen LogP contribution is 2.37. The van der Waals surface area contributed by atoms with E-state index in [2.05, 4.69) is 26.4 Å². The molecule has 3 aromatic rings. The molecule has 3 N–H and O–H groups in total. The summed E-state index contributed by atoms with van der Waals surface area (Å²) in [6, 6.07) is 3.36. The Bertz CT molecular complexity index is 1480. The average molecular weight is 560 g/mol. The first-order chi connectivity index (χ1) is 18.9. The van der Waals surface area contributed by atoms with Crippen molar-refractivity contribution in [2.75, 3.05) is 48.5 Å². The molecule has 2 aromatic heterocycles. The lowest BCUT2D eigenvalue weighted by Crippen LogP contribution is -2.45. The number of aryl methyl sites for hydroxylation is 2. The molecular formula is C26H29F4N9O. The van der Waals surface area contributed by atoms with Gasteiger partial charge in [-0.15, -0.1) is 5.53 Å². The first-order valence-electron chi connectivity index (χ1n) is 12.6. The fourth-order valence-corrected chi connectivity index (χ4v) is 4.60. The lowest BCUT2D eigenvalue weighted by atomic mass is 10.1. The zero-order valence-corrected chi connectivity index (χ0v) is 22.4. The Morgan fingerprint density at radius 2 is 1.75 bits per heavy atom. The van der Waals surface area contributed by atoms with Crippen LogP contribution in [0.25, 0.3) is 5.70 Å². The second-order valence-corrected chi connectivity index (χ2v) is 9.84. The molecule has 1 saturated heterocycles. The second-order valence-electron chi connectivity index (χ2n) is 9.84. The number of nitrogens with zero attached hydrogens (tertiary/aromatic N) is 6. The molecule has 0 atom stereocenters. The molecule has 0 aliphatic carbocycles. The van der Waals surface area contributed by atoms with Crippen molar-refractivity contribution < 1.29 is 22.4 Å². The number of carbonyl (C=O) groups excluding carboxylic acids is 1. The Hall–Kier alpha value is -4.17. The summed E-state index contributed by atoms with van der Waals surface area (Å²) >= 11 is 0. The molecule has 0 spiro atoms. The highest BCUT2D eigenvalue weighted by Gasteiger charge is 2.37. The molecular weight excluding hydrogens is 530 g/mol. The molecule has 4 heterocycles. The first-order valence-corrected chi connectivity index (χ1v) is 12.6. The van der Waals surface area contributed by atoms with Gasteiger partial charge in [-0.2, -0.15) is 18.3 Å². The minimum Gasteiger partial charge on any atom is -0.367 e. The molecule has 1 amide bonds. The van der Waals surface area contributed by atoms with Gasteiger partial charge in [0.05, 0.1) is 46.4 Å². The molecule has 0 saturated carbocycles. The smallest absolute Gasteiger partial charge is 0.367 e. The predicted molar refractivity (Wildman–Crippen MR) is 143 cm³/mol. The van der Waals surface area contributed by atoms with Gasteiger partial charge in [-0.3, -0.25) is 19.5 Å². The van der Waals surface area contributed by atoms with E-state index in [1.807, 2.05) is 25.9 Å². The lowest BCUT2D eigenvalue weighted by molar-refractivity contribution is -0.139. The summed E-state index contributed by atoms with van der Waals surface area (Å²) in [4.78, 5) is 21.0. The van der Waals surface area contributed by atoms with Gasteiger partial charge in [0.15, 0.2) is 5.82 Å². The zero-order chi connectivity index (χ0) is 28.8. The maximum atomic E-state index is 15.0. The minimum absolute atomic E-state index is 0.244. The number of rotatable bonds is 5.